The molecule has 1 atom stereocenters. The van der Waals surface area contributed by atoms with Crippen molar-refractivity contribution < 1.29 is 28.1 Å². The highest BCUT2D eigenvalue weighted by atomic mass is 32.1. The third-order valence-electron chi connectivity index (χ3n) is 7.58. The Morgan fingerprint density at radius 1 is 1.00 bits per heavy atom. The van der Waals surface area contributed by atoms with Gasteiger partial charge in [-0.3, -0.25) is 9.36 Å². The highest BCUT2D eigenvalue weighted by molar-refractivity contribution is 7.07. The number of nitrogens with zero attached hydrogens (tertiary/aromatic N) is 2. The number of carbonyl (C=O) groups excluding carboxylic acids is 1. The summed E-state index contributed by atoms with van der Waals surface area (Å²) in [6.45, 7) is 2.43. The molecule has 0 spiro atoms. The Hall–Kier alpha value is -5.48. The van der Waals surface area contributed by atoms with Crippen molar-refractivity contribution in [1.29, 1.82) is 0 Å². The van der Waals surface area contributed by atoms with Crippen LogP contribution in [0.1, 0.15) is 35.2 Å². The highest BCUT2D eigenvalue weighted by Gasteiger charge is 2.35. The maximum atomic E-state index is 14.0. The van der Waals surface area contributed by atoms with E-state index >= 15 is 0 Å². The zero-order chi connectivity index (χ0) is 31.6. The van der Waals surface area contributed by atoms with Gasteiger partial charge in [-0.25, -0.2) is 14.2 Å². The van der Waals surface area contributed by atoms with Crippen molar-refractivity contribution in [2.75, 3.05) is 13.4 Å². The second kappa shape index (κ2) is 12.5. The van der Waals surface area contributed by atoms with Gasteiger partial charge in [0.2, 0.25) is 6.79 Å². The molecule has 0 fully saturated rings. The number of thiazole rings is 1. The SMILES string of the molecule is CCOC(=O)C1=C(c2ccccc2)N=c2s/c(=C\c3ccc(OCc4ccc5c(c4)OCO5)cc3)c(=O)n2[C@H]1c1ccc(F)cc1. The van der Waals surface area contributed by atoms with E-state index < -0.39 is 17.8 Å². The molecule has 3 heterocycles. The third-order valence-corrected chi connectivity index (χ3v) is 8.56. The van der Waals surface area contributed by atoms with E-state index in [0.29, 0.717) is 44.3 Å². The van der Waals surface area contributed by atoms with Gasteiger partial charge in [0.05, 0.1) is 28.5 Å². The van der Waals surface area contributed by atoms with Crippen LogP contribution in [0.3, 0.4) is 0 Å². The summed E-state index contributed by atoms with van der Waals surface area (Å²) in [7, 11) is 0. The molecule has 0 N–H and O–H groups in total. The Kier molecular flexibility index (Phi) is 7.94. The number of aromatic nitrogens is 1. The van der Waals surface area contributed by atoms with Gasteiger partial charge in [-0.1, -0.05) is 72.0 Å². The zero-order valence-electron chi connectivity index (χ0n) is 24.6. The van der Waals surface area contributed by atoms with Crippen molar-refractivity contribution in [3.05, 3.63) is 150 Å². The number of carbonyl (C=O) groups is 1. The minimum Gasteiger partial charge on any atom is -0.489 e. The minimum atomic E-state index is -0.875. The first-order valence-corrected chi connectivity index (χ1v) is 15.5. The lowest BCUT2D eigenvalue weighted by Gasteiger charge is -2.25. The average molecular weight is 635 g/mol. The van der Waals surface area contributed by atoms with Crippen molar-refractivity contribution in [1.82, 2.24) is 4.57 Å². The molecule has 4 aromatic carbocycles. The van der Waals surface area contributed by atoms with Gasteiger partial charge in [-0.2, -0.15) is 0 Å². The normalized spacial score (nSPS) is 15.3. The maximum absolute atomic E-state index is 14.0. The molecule has 0 saturated carbocycles. The Bertz CT molecular complexity index is 2140. The highest BCUT2D eigenvalue weighted by Crippen LogP contribution is 2.35. The van der Waals surface area contributed by atoms with Crippen LogP contribution in [0.25, 0.3) is 11.8 Å². The molecular weight excluding hydrogens is 607 g/mol. The average Bonchev–Trinajstić information content (AvgIpc) is 3.68. The molecule has 0 bridgehead atoms. The van der Waals surface area contributed by atoms with Gasteiger partial charge < -0.3 is 18.9 Å². The van der Waals surface area contributed by atoms with Crippen LogP contribution in [-0.4, -0.2) is 23.9 Å². The van der Waals surface area contributed by atoms with E-state index in [1.54, 1.807) is 25.1 Å². The van der Waals surface area contributed by atoms with Gasteiger partial charge in [0.25, 0.3) is 5.56 Å². The lowest BCUT2D eigenvalue weighted by atomic mass is 9.93. The summed E-state index contributed by atoms with van der Waals surface area (Å²) in [5.74, 6) is 1.06. The molecule has 46 heavy (non-hydrogen) atoms. The molecule has 230 valence electrons. The van der Waals surface area contributed by atoms with Crippen LogP contribution in [0.5, 0.6) is 17.2 Å². The molecule has 7 rings (SSSR count). The lowest BCUT2D eigenvalue weighted by molar-refractivity contribution is -0.138. The van der Waals surface area contributed by atoms with Crippen LogP contribution in [0, 0.1) is 5.82 Å². The van der Waals surface area contributed by atoms with Gasteiger partial charge in [0.15, 0.2) is 16.3 Å². The number of halogens is 1. The first-order valence-electron chi connectivity index (χ1n) is 14.6. The number of fused-ring (bicyclic) bond motifs is 2. The zero-order valence-corrected chi connectivity index (χ0v) is 25.5. The molecule has 2 aliphatic heterocycles. The third kappa shape index (κ3) is 5.70. The standard InChI is InChI=1S/C36H27FN2O6S/c1-2-42-35(41)31-32(24-6-4-3-5-7-24)38-36-39(33(31)25-11-13-26(37)14-12-25)34(40)30(46-36)19-22-8-15-27(16-9-22)43-20-23-10-17-28-29(18-23)45-21-44-28/h3-19,33H,2,20-21H2,1H3/b30-19-/t33-/m0/s1. The minimum absolute atomic E-state index is 0.140. The van der Waals surface area contributed by atoms with Gasteiger partial charge in [-0.05, 0) is 66.1 Å². The monoisotopic (exact) mass is 634 g/mol. The van der Waals surface area contributed by atoms with E-state index in [1.807, 2.05) is 72.8 Å². The topological polar surface area (TPSA) is 88.4 Å². The molecule has 10 heteroatoms. The van der Waals surface area contributed by atoms with Gasteiger partial charge in [-0.15, -0.1) is 0 Å². The summed E-state index contributed by atoms with van der Waals surface area (Å²) in [6.07, 6.45) is 1.78. The maximum Gasteiger partial charge on any atom is 0.338 e. The molecule has 2 aliphatic rings. The lowest BCUT2D eigenvalue weighted by Crippen LogP contribution is -2.40. The largest absolute Gasteiger partial charge is 0.489 e. The Balaban J connectivity index is 1.26. The van der Waals surface area contributed by atoms with E-state index in [-0.39, 0.29) is 24.5 Å². The van der Waals surface area contributed by atoms with Crippen LogP contribution in [-0.2, 0) is 16.1 Å². The summed E-state index contributed by atoms with van der Waals surface area (Å²) < 4.78 is 38.1. The molecule has 0 unspecified atom stereocenters. The van der Waals surface area contributed by atoms with Crippen LogP contribution in [0.15, 0.2) is 112 Å². The second-order valence-corrected chi connectivity index (χ2v) is 11.5. The van der Waals surface area contributed by atoms with E-state index in [2.05, 4.69) is 0 Å². The molecule has 5 aromatic rings. The fourth-order valence-electron chi connectivity index (χ4n) is 5.41. The number of hydrogen-bond donors (Lipinski definition) is 0. The Labute approximate surface area is 266 Å². The molecule has 1 aromatic heterocycles. The predicted octanol–water partition coefficient (Wildman–Crippen LogP) is 5.38. The summed E-state index contributed by atoms with van der Waals surface area (Å²) in [5, 5.41) is 0. The molecule has 8 nitrogen and oxygen atoms in total. The van der Waals surface area contributed by atoms with Crippen LogP contribution in [0.2, 0.25) is 0 Å². The molecule has 0 saturated heterocycles. The van der Waals surface area contributed by atoms with E-state index in [9.17, 15) is 14.0 Å². The number of benzene rings is 4. The van der Waals surface area contributed by atoms with Crippen LogP contribution in [0.4, 0.5) is 4.39 Å². The van der Waals surface area contributed by atoms with Gasteiger partial charge >= 0.3 is 5.97 Å². The summed E-state index contributed by atoms with van der Waals surface area (Å²) in [6, 6.07) is 27.3. The summed E-state index contributed by atoms with van der Waals surface area (Å²) >= 11 is 1.22. The van der Waals surface area contributed by atoms with Gasteiger partial charge in [0, 0.05) is 5.56 Å². The quantitative estimate of drug-likeness (QED) is 0.213. The first-order chi connectivity index (χ1) is 22.5. The van der Waals surface area contributed by atoms with Crippen molar-refractivity contribution in [2.24, 2.45) is 4.99 Å². The van der Waals surface area contributed by atoms with E-state index in [1.165, 1.54) is 28.0 Å². The van der Waals surface area contributed by atoms with Crippen molar-refractivity contribution in [2.45, 2.75) is 19.6 Å². The Morgan fingerprint density at radius 3 is 2.52 bits per heavy atom. The van der Waals surface area contributed by atoms with Crippen molar-refractivity contribution in [3.8, 4) is 17.2 Å². The first kappa shape index (κ1) is 29.2. The van der Waals surface area contributed by atoms with Crippen molar-refractivity contribution >= 4 is 29.1 Å². The number of rotatable bonds is 8. The number of hydrogen-bond acceptors (Lipinski definition) is 8. The summed E-state index contributed by atoms with van der Waals surface area (Å²) in [5.41, 5.74) is 3.29. The van der Waals surface area contributed by atoms with Crippen LogP contribution >= 0.6 is 11.3 Å². The number of ether oxygens (including phenoxy) is 4. The Morgan fingerprint density at radius 2 is 1.76 bits per heavy atom. The predicted molar refractivity (Wildman–Crippen MR) is 171 cm³/mol. The second-order valence-electron chi connectivity index (χ2n) is 10.5. The van der Waals surface area contributed by atoms with Crippen molar-refractivity contribution in [3.63, 3.8) is 0 Å². The smallest absolute Gasteiger partial charge is 0.338 e. The number of esters is 1. The molecule has 0 radical (unpaired) electrons. The molecule has 0 amide bonds. The fraction of sp³-hybridized carbons (Fsp3) is 0.139. The van der Waals surface area contributed by atoms with E-state index in [0.717, 1.165) is 16.9 Å². The van der Waals surface area contributed by atoms with Gasteiger partial charge in [0.1, 0.15) is 18.2 Å². The van der Waals surface area contributed by atoms with Crippen LogP contribution < -0.4 is 29.1 Å². The summed E-state index contributed by atoms with van der Waals surface area (Å²) in [4.78, 5) is 32.8. The molecule has 0 aliphatic carbocycles. The fourth-order valence-corrected chi connectivity index (χ4v) is 6.41. The van der Waals surface area contributed by atoms with E-state index in [4.69, 9.17) is 23.9 Å². The molecular formula is C36H27FN2O6S.